The van der Waals surface area contributed by atoms with Crippen LogP contribution in [0.15, 0.2) is 18.2 Å². The number of aryl methyl sites for hydroxylation is 1. The highest BCUT2D eigenvalue weighted by atomic mass is 35.5. The zero-order valence-electron chi connectivity index (χ0n) is 7.79. The molecule has 15 heavy (non-hydrogen) atoms. The van der Waals surface area contributed by atoms with Crippen LogP contribution < -0.4 is 5.32 Å². The Bertz CT molecular complexity index is 466. The molecule has 3 nitrogen and oxygen atoms in total. The van der Waals surface area contributed by atoms with Crippen LogP contribution in [0, 0.1) is 12.7 Å². The average Bonchev–Trinajstić information content (AvgIpc) is 2.50. The van der Waals surface area contributed by atoms with Crippen molar-refractivity contribution in [1.29, 1.82) is 0 Å². The molecule has 6 heteroatoms. The second-order valence-corrected chi connectivity index (χ2v) is 3.93. The minimum absolute atomic E-state index is 0.293. The van der Waals surface area contributed by atoms with Crippen LogP contribution in [0.2, 0.25) is 5.15 Å². The molecule has 1 heterocycles. The van der Waals surface area contributed by atoms with E-state index in [1.54, 1.807) is 6.07 Å². The molecule has 0 fully saturated rings. The molecule has 0 saturated carbocycles. The van der Waals surface area contributed by atoms with E-state index in [1.165, 1.54) is 12.1 Å². The van der Waals surface area contributed by atoms with E-state index in [-0.39, 0.29) is 5.82 Å². The summed E-state index contributed by atoms with van der Waals surface area (Å²) < 4.78 is 20.8. The van der Waals surface area contributed by atoms with E-state index in [4.69, 9.17) is 11.6 Å². The Balaban J connectivity index is 2.28. The van der Waals surface area contributed by atoms with Crippen molar-refractivity contribution >= 4 is 34.8 Å². The van der Waals surface area contributed by atoms with Crippen molar-refractivity contribution in [3.05, 3.63) is 34.7 Å². The highest BCUT2D eigenvalue weighted by molar-refractivity contribution is 6.99. The van der Waals surface area contributed by atoms with Gasteiger partial charge in [-0.3, -0.25) is 0 Å². The van der Waals surface area contributed by atoms with Crippen molar-refractivity contribution in [1.82, 2.24) is 8.75 Å². The van der Waals surface area contributed by atoms with Gasteiger partial charge in [-0.25, -0.2) is 4.39 Å². The Morgan fingerprint density at radius 3 is 2.73 bits per heavy atom. The Morgan fingerprint density at radius 1 is 1.33 bits per heavy atom. The van der Waals surface area contributed by atoms with Crippen LogP contribution in [-0.4, -0.2) is 8.75 Å². The number of nitrogens with zero attached hydrogens (tertiary/aromatic N) is 2. The zero-order valence-corrected chi connectivity index (χ0v) is 9.36. The maximum Gasteiger partial charge on any atom is 0.187 e. The fourth-order valence-electron chi connectivity index (χ4n) is 1.20. The van der Waals surface area contributed by atoms with E-state index >= 15 is 0 Å². The summed E-state index contributed by atoms with van der Waals surface area (Å²) in [5.74, 6) is 0.156. The second-order valence-electron chi connectivity index (χ2n) is 3.05. The third kappa shape index (κ3) is 2.43. The van der Waals surface area contributed by atoms with Crippen LogP contribution in [0.4, 0.5) is 15.9 Å². The van der Waals surface area contributed by atoms with Crippen LogP contribution >= 0.6 is 23.3 Å². The SMILES string of the molecule is Cc1cc(F)cc(Nc2nsnc2Cl)c1. The number of nitrogens with one attached hydrogen (secondary N) is 1. The molecule has 0 aliphatic carbocycles. The van der Waals surface area contributed by atoms with E-state index in [2.05, 4.69) is 14.1 Å². The van der Waals surface area contributed by atoms with Gasteiger partial charge in [-0.15, -0.1) is 0 Å². The lowest BCUT2D eigenvalue weighted by Gasteiger charge is -2.04. The molecule has 0 saturated heterocycles. The monoisotopic (exact) mass is 243 g/mol. The standard InChI is InChI=1S/C9H7ClFN3S/c1-5-2-6(11)4-7(3-5)12-9-8(10)13-15-14-9/h2-4H,1H3,(H,12,14). The number of anilines is 2. The van der Waals surface area contributed by atoms with Gasteiger partial charge in [0.25, 0.3) is 0 Å². The van der Waals surface area contributed by atoms with Gasteiger partial charge in [0.2, 0.25) is 0 Å². The van der Waals surface area contributed by atoms with Crippen LogP contribution in [0.1, 0.15) is 5.56 Å². The van der Waals surface area contributed by atoms with Gasteiger partial charge in [0.05, 0.1) is 11.7 Å². The van der Waals surface area contributed by atoms with Gasteiger partial charge in [0.1, 0.15) is 5.82 Å². The van der Waals surface area contributed by atoms with Crippen molar-refractivity contribution in [2.24, 2.45) is 0 Å². The first-order valence-corrected chi connectivity index (χ1v) is 5.28. The zero-order chi connectivity index (χ0) is 10.8. The summed E-state index contributed by atoms with van der Waals surface area (Å²) in [6.07, 6.45) is 0. The highest BCUT2D eigenvalue weighted by Gasteiger charge is 2.06. The van der Waals surface area contributed by atoms with E-state index in [0.29, 0.717) is 16.7 Å². The fraction of sp³-hybridized carbons (Fsp3) is 0.111. The molecule has 78 valence electrons. The lowest BCUT2D eigenvalue weighted by Crippen LogP contribution is -1.92. The Kier molecular flexibility index (Phi) is 2.83. The first-order valence-electron chi connectivity index (χ1n) is 4.17. The quantitative estimate of drug-likeness (QED) is 0.879. The van der Waals surface area contributed by atoms with Gasteiger partial charge in [-0.2, -0.15) is 8.75 Å². The number of hydrogen-bond acceptors (Lipinski definition) is 4. The molecule has 0 radical (unpaired) electrons. The smallest absolute Gasteiger partial charge is 0.187 e. The van der Waals surface area contributed by atoms with Gasteiger partial charge >= 0.3 is 0 Å². The van der Waals surface area contributed by atoms with Crippen molar-refractivity contribution in [2.75, 3.05) is 5.32 Å². The molecule has 0 atom stereocenters. The van der Waals surface area contributed by atoms with Crippen molar-refractivity contribution in [3.8, 4) is 0 Å². The molecule has 0 aliphatic heterocycles. The number of halogens is 2. The molecule has 0 bridgehead atoms. The number of benzene rings is 1. The molecule has 0 spiro atoms. The highest BCUT2D eigenvalue weighted by Crippen LogP contribution is 2.23. The minimum atomic E-state index is -0.295. The Morgan fingerprint density at radius 2 is 2.13 bits per heavy atom. The molecule has 0 amide bonds. The first kappa shape index (κ1) is 10.3. The third-order valence-electron chi connectivity index (χ3n) is 1.75. The fourth-order valence-corrected chi connectivity index (χ4v) is 1.84. The predicted octanol–water partition coefficient (Wildman–Crippen LogP) is 3.38. The Labute approximate surface area is 95.2 Å². The minimum Gasteiger partial charge on any atom is -0.337 e. The van der Waals surface area contributed by atoms with Crippen molar-refractivity contribution in [3.63, 3.8) is 0 Å². The van der Waals surface area contributed by atoms with Crippen molar-refractivity contribution in [2.45, 2.75) is 6.92 Å². The summed E-state index contributed by atoms with van der Waals surface area (Å²) in [5, 5.41) is 3.19. The number of aromatic nitrogens is 2. The molecule has 1 N–H and O–H groups in total. The normalized spacial score (nSPS) is 10.3. The molecule has 0 unspecified atom stereocenters. The number of hydrogen-bond donors (Lipinski definition) is 1. The first-order chi connectivity index (χ1) is 7.15. The third-order valence-corrected chi connectivity index (χ3v) is 2.65. The predicted molar refractivity (Wildman–Crippen MR) is 59.3 cm³/mol. The van der Waals surface area contributed by atoms with E-state index < -0.39 is 0 Å². The Hall–Kier alpha value is -1.20. The molecule has 2 rings (SSSR count). The number of rotatable bonds is 2. The van der Waals surface area contributed by atoms with Gasteiger partial charge in [0.15, 0.2) is 11.0 Å². The summed E-state index contributed by atoms with van der Waals surface area (Å²) >= 11 is 6.76. The summed E-state index contributed by atoms with van der Waals surface area (Å²) in [7, 11) is 0. The molecule has 2 aromatic rings. The van der Waals surface area contributed by atoms with E-state index in [0.717, 1.165) is 17.3 Å². The van der Waals surface area contributed by atoms with Crippen LogP contribution in [0.5, 0.6) is 0 Å². The maximum absolute atomic E-state index is 13.1. The lowest BCUT2D eigenvalue weighted by molar-refractivity contribution is 0.627. The van der Waals surface area contributed by atoms with E-state index in [1.807, 2.05) is 6.92 Å². The molecular formula is C9H7ClFN3S. The molecule has 1 aromatic heterocycles. The lowest BCUT2D eigenvalue weighted by atomic mass is 10.2. The molecule has 0 aliphatic rings. The van der Waals surface area contributed by atoms with Crippen LogP contribution in [0.3, 0.4) is 0 Å². The summed E-state index contributed by atoms with van der Waals surface area (Å²) in [6.45, 7) is 1.81. The summed E-state index contributed by atoms with van der Waals surface area (Å²) in [6, 6.07) is 4.63. The molecular weight excluding hydrogens is 237 g/mol. The topological polar surface area (TPSA) is 37.8 Å². The van der Waals surface area contributed by atoms with Crippen LogP contribution in [0.25, 0.3) is 0 Å². The van der Waals surface area contributed by atoms with Gasteiger partial charge < -0.3 is 5.32 Å². The van der Waals surface area contributed by atoms with Gasteiger partial charge in [0, 0.05) is 5.69 Å². The van der Waals surface area contributed by atoms with Crippen molar-refractivity contribution < 1.29 is 4.39 Å². The van der Waals surface area contributed by atoms with Gasteiger partial charge in [-0.05, 0) is 30.7 Å². The van der Waals surface area contributed by atoms with Crippen LogP contribution in [-0.2, 0) is 0 Å². The summed E-state index contributed by atoms with van der Waals surface area (Å²) in [5.41, 5.74) is 1.44. The van der Waals surface area contributed by atoms with E-state index in [9.17, 15) is 4.39 Å². The second kappa shape index (κ2) is 4.12. The largest absolute Gasteiger partial charge is 0.337 e. The summed E-state index contributed by atoms with van der Waals surface area (Å²) in [4.78, 5) is 0. The maximum atomic E-state index is 13.1. The van der Waals surface area contributed by atoms with Gasteiger partial charge in [-0.1, -0.05) is 11.6 Å². The molecule has 1 aromatic carbocycles. The average molecular weight is 244 g/mol.